The van der Waals surface area contributed by atoms with Crippen LogP contribution in [0.3, 0.4) is 0 Å². The van der Waals surface area contributed by atoms with Crippen LogP contribution in [0.1, 0.15) is 18.7 Å². The number of imidazole rings is 1. The molecule has 0 atom stereocenters. The van der Waals surface area contributed by atoms with Crippen LogP contribution in [-0.2, 0) is 13.1 Å². The fourth-order valence-electron chi connectivity index (χ4n) is 2.94. The van der Waals surface area contributed by atoms with E-state index in [2.05, 4.69) is 20.5 Å². The van der Waals surface area contributed by atoms with Crippen molar-refractivity contribution in [3.05, 3.63) is 24.0 Å². The highest BCUT2D eigenvalue weighted by atomic mass is 16.5. The Balaban J connectivity index is 1.87. The monoisotopic (exact) mass is 274 g/mol. The molecule has 1 saturated heterocycles. The number of ether oxygens (including phenoxy) is 1. The van der Waals surface area contributed by atoms with Gasteiger partial charge < -0.3 is 19.9 Å². The van der Waals surface area contributed by atoms with E-state index in [0.717, 1.165) is 35.7 Å². The molecule has 5 nitrogen and oxygen atoms in total. The van der Waals surface area contributed by atoms with Crippen molar-refractivity contribution in [1.82, 2.24) is 14.5 Å². The lowest BCUT2D eigenvalue weighted by molar-refractivity contribution is 0.322. The molecule has 1 aliphatic rings. The molecule has 3 rings (SSSR count). The summed E-state index contributed by atoms with van der Waals surface area (Å²) in [4.78, 5) is 7.13. The third kappa shape index (κ3) is 2.51. The highest BCUT2D eigenvalue weighted by molar-refractivity contribution is 5.77. The quantitative estimate of drug-likeness (QED) is 0.900. The minimum atomic E-state index is 0.469. The SMILES string of the molecule is COc1ccc2c(c1)nc(CN)n2CCN1CCCC1. The molecule has 0 unspecified atom stereocenters. The fourth-order valence-corrected chi connectivity index (χ4v) is 2.94. The Kier molecular flexibility index (Phi) is 3.89. The largest absolute Gasteiger partial charge is 0.497 e. The van der Waals surface area contributed by atoms with Gasteiger partial charge >= 0.3 is 0 Å². The van der Waals surface area contributed by atoms with Crippen molar-refractivity contribution in [2.24, 2.45) is 5.73 Å². The molecule has 2 heterocycles. The van der Waals surface area contributed by atoms with Crippen LogP contribution >= 0.6 is 0 Å². The molecular weight excluding hydrogens is 252 g/mol. The molecule has 1 aromatic heterocycles. The van der Waals surface area contributed by atoms with Crippen molar-refractivity contribution >= 4 is 11.0 Å². The molecule has 1 fully saturated rings. The minimum Gasteiger partial charge on any atom is -0.497 e. The van der Waals surface area contributed by atoms with Crippen molar-refractivity contribution in [2.75, 3.05) is 26.7 Å². The molecule has 0 saturated carbocycles. The first-order valence-corrected chi connectivity index (χ1v) is 7.27. The van der Waals surface area contributed by atoms with Gasteiger partial charge in [-0.15, -0.1) is 0 Å². The van der Waals surface area contributed by atoms with Crippen LogP contribution < -0.4 is 10.5 Å². The van der Waals surface area contributed by atoms with Crippen LogP contribution in [0.4, 0.5) is 0 Å². The molecule has 0 radical (unpaired) electrons. The van der Waals surface area contributed by atoms with Gasteiger partial charge in [0.05, 0.1) is 24.7 Å². The van der Waals surface area contributed by atoms with Crippen LogP contribution in [-0.4, -0.2) is 41.2 Å². The van der Waals surface area contributed by atoms with Gasteiger partial charge in [0.1, 0.15) is 11.6 Å². The van der Waals surface area contributed by atoms with E-state index in [4.69, 9.17) is 10.5 Å². The van der Waals surface area contributed by atoms with E-state index in [0.29, 0.717) is 6.54 Å². The molecule has 20 heavy (non-hydrogen) atoms. The maximum atomic E-state index is 5.84. The van der Waals surface area contributed by atoms with Crippen LogP contribution in [0.25, 0.3) is 11.0 Å². The second-order valence-electron chi connectivity index (χ2n) is 5.29. The Morgan fingerprint density at radius 3 is 2.75 bits per heavy atom. The van der Waals surface area contributed by atoms with Gasteiger partial charge in [-0.1, -0.05) is 0 Å². The fraction of sp³-hybridized carbons (Fsp3) is 0.533. The van der Waals surface area contributed by atoms with Gasteiger partial charge in [-0.05, 0) is 38.1 Å². The van der Waals surface area contributed by atoms with E-state index in [9.17, 15) is 0 Å². The van der Waals surface area contributed by atoms with E-state index >= 15 is 0 Å². The zero-order valence-electron chi connectivity index (χ0n) is 12.0. The molecule has 1 aliphatic heterocycles. The number of hydrogen-bond donors (Lipinski definition) is 1. The van der Waals surface area contributed by atoms with Crippen LogP contribution in [0.2, 0.25) is 0 Å². The van der Waals surface area contributed by atoms with Crippen molar-refractivity contribution < 1.29 is 4.74 Å². The third-order valence-corrected chi connectivity index (χ3v) is 4.06. The molecule has 2 aromatic rings. The van der Waals surface area contributed by atoms with Crippen molar-refractivity contribution in [1.29, 1.82) is 0 Å². The van der Waals surface area contributed by atoms with Gasteiger partial charge in [-0.3, -0.25) is 0 Å². The Morgan fingerprint density at radius 1 is 1.25 bits per heavy atom. The zero-order valence-corrected chi connectivity index (χ0v) is 12.0. The highest BCUT2D eigenvalue weighted by Crippen LogP contribution is 2.22. The number of aromatic nitrogens is 2. The number of likely N-dealkylation sites (tertiary alicyclic amines) is 1. The zero-order chi connectivity index (χ0) is 13.9. The predicted molar refractivity (Wildman–Crippen MR) is 79.9 cm³/mol. The molecule has 2 N–H and O–H groups in total. The van der Waals surface area contributed by atoms with Gasteiger partial charge in [0.25, 0.3) is 0 Å². The van der Waals surface area contributed by atoms with Crippen LogP contribution in [0.5, 0.6) is 5.75 Å². The maximum Gasteiger partial charge on any atom is 0.123 e. The molecule has 5 heteroatoms. The number of nitrogens with zero attached hydrogens (tertiary/aromatic N) is 3. The number of benzene rings is 1. The lowest BCUT2D eigenvalue weighted by Gasteiger charge is -2.16. The van der Waals surface area contributed by atoms with Gasteiger partial charge in [0.15, 0.2) is 0 Å². The molecule has 108 valence electrons. The second kappa shape index (κ2) is 5.81. The molecular formula is C15H22N4O. The lowest BCUT2D eigenvalue weighted by Crippen LogP contribution is -2.25. The average Bonchev–Trinajstić information content (AvgIpc) is 3.11. The number of rotatable bonds is 5. The summed E-state index contributed by atoms with van der Waals surface area (Å²) in [6, 6.07) is 6.03. The van der Waals surface area contributed by atoms with Crippen molar-refractivity contribution in [3.63, 3.8) is 0 Å². The summed E-state index contributed by atoms with van der Waals surface area (Å²) in [5, 5.41) is 0. The summed E-state index contributed by atoms with van der Waals surface area (Å²) in [5.74, 6) is 1.79. The molecule has 1 aromatic carbocycles. The first-order valence-electron chi connectivity index (χ1n) is 7.27. The molecule has 0 aliphatic carbocycles. The van der Waals surface area contributed by atoms with Crippen molar-refractivity contribution in [3.8, 4) is 5.75 Å². The van der Waals surface area contributed by atoms with Gasteiger partial charge in [-0.25, -0.2) is 4.98 Å². The summed E-state index contributed by atoms with van der Waals surface area (Å²) >= 11 is 0. The Bertz CT molecular complexity index is 587. The lowest BCUT2D eigenvalue weighted by atomic mass is 10.3. The van der Waals surface area contributed by atoms with E-state index in [-0.39, 0.29) is 0 Å². The number of fused-ring (bicyclic) bond motifs is 1. The van der Waals surface area contributed by atoms with Gasteiger partial charge in [0, 0.05) is 19.2 Å². The average molecular weight is 274 g/mol. The Hall–Kier alpha value is -1.59. The summed E-state index contributed by atoms with van der Waals surface area (Å²) in [7, 11) is 1.68. The first-order chi connectivity index (χ1) is 9.81. The minimum absolute atomic E-state index is 0.469. The maximum absolute atomic E-state index is 5.84. The van der Waals surface area contributed by atoms with E-state index in [1.54, 1.807) is 7.11 Å². The topological polar surface area (TPSA) is 56.3 Å². The van der Waals surface area contributed by atoms with Crippen LogP contribution in [0.15, 0.2) is 18.2 Å². The third-order valence-electron chi connectivity index (χ3n) is 4.06. The smallest absolute Gasteiger partial charge is 0.123 e. The first kappa shape index (κ1) is 13.4. The Morgan fingerprint density at radius 2 is 2.05 bits per heavy atom. The van der Waals surface area contributed by atoms with Gasteiger partial charge in [-0.2, -0.15) is 0 Å². The highest BCUT2D eigenvalue weighted by Gasteiger charge is 2.14. The normalized spacial score (nSPS) is 16.1. The molecule has 0 spiro atoms. The van der Waals surface area contributed by atoms with Gasteiger partial charge in [0.2, 0.25) is 0 Å². The standard InChI is InChI=1S/C15H22N4O/c1-20-12-4-5-14-13(10-12)17-15(11-16)19(14)9-8-18-6-2-3-7-18/h4-5,10H,2-3,6-9,11,16H2,1H3. The molecule has 0 bridgehead atoms. The predicted octanol–water partition coefficient (Wildman–Crippen LogP) is 1.60. The summed E-state index contributed by atoms with van der Waals surface area (Å²) in [6.07, 6.45) is 2.65. The summed E-state index contributed by atoms with van der Waals surface area (Å²) in [5.41, 5.74) is 7.95. The number of nitrogens with two attached hydrogens (primary N) is 1. The number of hydrogen-bond acceptors (Lipinski definition) is 4. The van der Waals surface area contributed by atoms with E-state index in [1.807, 2.05) is 12.1 Å². The Labute approximate surface area is 119 Å². The molecule has 0 amide bonds. The van der Waals surface area contributed by atoms with E-state index < -0.39 is 0 Å². The summed E-state index contributed by atoms with van der Waals surface area (Å²) < 4.78 is 7.50. The van der Waals surface area contributed by atoms with Crippen molar-refractivity contribution in [2.45, 2.75) is 25.9 Å². The number of methoxy groups -OCH3 is 1. The van der Waals surface area contributed by atoms with E-state index in [1.165, 1.54) is 25.9 Å². The second-order valence-corrected chi connectivity index (χ2v) is 5.29. The summed E-state index contributed by atoms with van der Waals surface area (Å²) in [6.45, 7) is 4.94. The van der Waals surface area contributed by atoms with Crippen LogP contribution in [0, 0.1) is 0 Å².